The van der Waals surface area contributed by atoms with Crippen LogP contribution in [0.1, 0.15) is 5.56 Å². The van der Waals surface area contributed by atoms with Crippen molar-refractivity contribution in [1.29, 1.82) is 0 Å². The summed E-state index contributed by atoms with van der Waals surface area (Å²) in [6, 6.07) is 6.41. The van der Waals surface area contributed by atoms with Crippen LogP contribution in [0.2, 0.25) is 0 Å². The Morgan fingerprint density at radius 3 is 2.45 bits per heavy atom. The first kappa shape index (κ1) is 18.5. The summed E-state index contributed by atoms with van der Waals surface area (Å²) in [6.45, 7) is 0.0652. The molecule has 0 saturated carbocycles. The molecule has 0 aliphatic heterocycles. The molecule has 0 aliphatic rings. The van der Waals surface area contributed by atoms with Crippen molar-refractivity contribution < 1.29 is 23.1 Å². The average molecular weight is 346 g/mol. The fourth-order valence-electron chi connectivity index (χ4n) is 1.57. The molecule has 0 spiro atoms. The van der Waals surface area contributed by atoms with E-state index in [2.05, 4.69) is 5.32 Å². The van der Waals surface area contributed by atoms with E-state index in [1.165, 1.54) is 20.2 Å². The van der Waals surface area contributed by atoms with Gasteiger partial charge in [-0.05, 0) is 11.6 Å². The zero-order valence-electron chi connectivity index (χ0n) is 12.3. The number of carbonyl (C=O) groups is 2. The average Bonchev–Trinajstić information content (AvgIpc) is 2.44. The maximum Gasteiger partial charge on any atom is 0.313 e. The molecule has 1 aromatic carbocycles. The van der Waals surface area contributed by atoms with Crippen molar-refractivity contribution in [1.82, 2.24) is 9.62 Å². The van der Waals surface area contributed by atoms with Gasteiger partial charge in [0.1, 0.15) is 0 Å². The normalized spacial score (nSPS) is 11.4. The molecule has 1 rings (SSSR count). The second-order valence-electron chi connectivity index (χ2n) is 4.56. The van der Waals surface area contributed by atoms with E-state index in [0.717, 1.165) is 16.1 Å². The minimum absolute atomic E-state index is 0.00883. The molecule has 0 aromatic heterocycles. The quantitative estimate of drug-likeness (QED) is 0.705. The molecule has 22 heavy (non-hydrogen) atoms. The molecule has 0 bridgehead atoms. The summed E-state index contributed by atoms with van der Waals surface area (Å²) in [5.41, 5.74) is 0.479. The molecule has 2 N–H and O–H groups in total. The van der Waals surface area contributed by atoms with Crippen molar-refractivity contribution in [2.45, 2.75) is 11.4 Å². The van der Waals surface area contributed by atoms with Gasteiger partial charge in [0.2, 0.25) is 15.9 Å². The molecule has 7 nitrogen and oxygen atoms in total. The molecule has 9 heteroatoms. The van der Waals surface area contributed by atoms with Gasteiger partial charge in [-0.1, -0.05) is 18.2 Å². The van der Waals surface area contributed by atoms with E-state index < -0.39 is 16.0 Å². The van der Waals surface area contributed by atoms with Crippen molar-refractivity contribution in [2.75, 3.05) is 25.6 Å². The number of rotatable bonds is 8. The number of hydrogen-bond donors (Lipinski definition) is 2. The lowest BCUT2D eigenvalue weighted by Crippen LogP contribution is -2.28. The topological polar surface area (TPSA) is 104 Å². The Labute approximate surface area is 133 Å². The van der Waals surface area contributed by atoms with E-state index in [4.69, 9.17) is 5.11 Å². The van der Waals surface area contributed by atoms with E-state index in [1.807, 2.05) is 0 Å². The van der Waals surface area contributed by atoms with Crippen LogP contribution in [0.25, 0.3) is 0 Å². The number of nitrogens with one attached hydrogen (secondary N) is 1. The molecule has 0 unspecified atom stereocenters. The number of thioether (sulfide) groups is 1. The highest BCUT2D eigenvalue weighted by atomic mass is 32.2. The summed E-state index contributed by atoms with van der Waals surface area (Å²) < 4.78 is 25.5. The van der Waals surface area contributed by atoms with Gasteiger partial charge in [0.05, 0.1) is 16.4 Å². The number of nitrogens with zero attached hydrogens (tertiary/aromatic N) is 1. The van der Waals surface area contributed by atoms with Gasteiger partial charge in [-0.3, -0.25) is 9.59 Å². The van der Waals surface area contributed by atoms with Crippen molar-refractivity contribution in [3.63, 3.8) is 0 Å². The zero-order chi connectivity index (χ0) is 16.8. The molecule has 0 heterocycles. The Kier molecular flexibility index (Phi) is 6.85. The van der Waals surface area contributed by atoms with Gasteiger partial charge < -0.3 is 10.4 Å². The number of hydrogen-bond acceptors (Lipinski definition) is 5. The van der Waals surface area contributed by atoms with E-state index in [9.17, 15) is 18.0 Å². The summed E-state index contributed by atoms with van der Waals surface area (Å²) in [4.78, 5) is 22.1. The third-order valence-corrected chi connectivity index (χ3v) is 5.50. The van der Waals surface area contributed by atoms with Crippen molar-refractivity contribution >= 4 is 33.7 Å². The lowest BCUT2D eigenvalue weighted by Gasteiger charge is -2.15. The highest BCUT2D eigenvalue weighted by molar-refractivity contribution is 8.00. The molecule has 0 saturated heterocycles. The van der Waals surface area contributed by atoms with Crippen LogP contribution in [-0.4, -0.2) is 55.3 Å². The van der Waals surface area contributed by atoms with Crippen LogP contribution in [-0.2, 0) is 26.2 Å². The minimum Gasteiger partial charge on any atom is -0.481 e. The van der Waals surface area contributed by atoms with E-state index in [-0.39, 0.29) is 28.9 Å². The Balaban J connectivity index is 2.71. The van der Waals surface area contributed by atoms with Crippen molar-refractivity contribution in [2.24, 2.45) is 0 Å². The predicted molar refractivity (Wildman–Crippen MR) is 84.1 cm³/mol. The lowest BCUT2D eigenvalue weighted by molar-refractivity contribution is -0.133. The number of aliphatic carboxylic acids is 1. The third kappa shape index (κ3) is 5.32. The van der Waals surface area contributed by atoms with Gasteiger partial charge in [-0.25, -0.2) is 12.7 Å². The molecule has 0 fully saturated rings. The fraction of sp³-hybridized carbons (Fsp3) is 0.385. The monoisotopic (exact) mass is 346 g/mol. The Morgan fingerprint density at radius 1 is 1.23 bits per heavy atom. The van der Waals surface area contributed by atoms with Gasteiger partial charge in [0.25, 0.3) is 0 Å². The number of benzene rings is 1. The number of carboxylic acid groups (broad SMARTS) is 1. The summed E-state index contributed by atoms with van der Waals surface area (Å²) >= 11 is 0.981. The van der Waals surface area contributed by atoms with Crippen LogP contribution in [0.3, 0.4) is 0 Å². The molecule has 0 aliphatic carbocycles. The molecule has 0 radical (unpaired) electrons. The van der Waals surface area contributed by atoms with E-state index in [1.54, 1.807) is 18.2 Å². The molecular formula is C13H18N2O5S2. The lowest BCUT2D eigenvalue weighted by atomic mass is 10.2. The summed E-state index contributed by atoms with van der Waals surface area (Å²) in [7, 11) is -0.709. The second kappa shape index (κ2) is 8.16. The number of carboxylic acids is 1. The standard InChI is InChI=1S/C13H18N2O5S2/c1-15(2)22(19,20)11-6-4-3-5-10(11)7-14-12(16)8-21-9-13(17)18/h3-6H,7-9H2,1-2H3,(H,14,16)(H,17,18). The summed E-state index contributed by atoms with van der Waals surface area (Å²) in [6.07, 6.45) is 0. The van der Waals surface area contributed by atoms with Crippen LogP contribution in [0.5, 0.6) is 0 Å². The first-order chi connectivity index (χ1) is 10.2. The van der Waals surface area contributed by atoms with Crippen LogP contribution in [0, 0.1) is 0 Å². The SMILES string of the molecule is CN(C)S(=O)(=O)c1ccccc1CNC(=O)CSCC(=O)O. The highest BCUT2D eigenvalue weighted by Crippen LogP contribution is 2.18. The van der Waals surface area contributed by atoms with Crippen molar-refractivity contribution in [3.8, 4) is 0 Å². The predicted octanol–water partition coefficient (Wildman–Crippen LogP) is 0.371. The van der Waals surface area contributed by atoms with Gasteiger partial charge in [0.15, 0.2) is 0 Å². The molecule has 1 aromatic rings. The Bertz CT molecular complexity index is 644. The van der Waals surface area contributed by atoms with Crippen LogP contribution < -0.4 is 5.32 Å². The Hall–Kier alpha value is -1.58. The van der Waals surface area contributed by atoms with Gasteiger partial charge in [-0.15, -0.1) is 11.8 Å². The molecule has 122 valence electrons. The van der Waals surface area contributed by atoms with Gasteiger partial charge >= 0.3 is 5.97 Å². The first-order valence-corrected chi connectivity index (χ1v) is 8.91. The van der Waals surface area contributed by atoms with Crippen LogP contribution in [0.15, 0.2) is 29.2 Å². The molecule has 1 amide bonds. The second-order valence-corrected chi connectivity index (χ2v) is 7.66. The maximum atomic E-state index is 12.2. The van der Waals surface area contributed by atoms with E-state index in [0.29, 0.717) is 5.56 Å². The molecule has 0 atom stereocenters. The van der Waals surface area contributed by atoms with Gasteiger partial charge in [0, 0.05) is 20.6 Å². The fourth-order valence-corrected chi connectivity index (χ4v) is 3.25. The van der Waals surface area contributed by atoms with E-state index >= 15 is 0 Å². The highest BCUT2D eigenvalue weighted by Gasteiger charge is 2.20. The molecular weight excluding hydrogens is 328 g/mol. The Morgan fingerprint density at radius 2 is 1.86 bits per heavy atom. The first-order valence-electron chi connectivity index (χ1n) is 6.32. The number of amides is 1. The summed E-state index contributed by atoms with van der Waals surface area (Å²) in [5.74, 6) is -1.47. The van der Waals surface area contributed by atoms with Gasteiger partial charge in [-0.2, -0.15) is 0 Å². The zero-order valence-corrected chi connectivity index (χ0v) is 13.9. The summed E-state index contributed by atoms with van der Waals surface area (Å²) in [5, 5.41) is 11.1. The van der Waals surface area contributed by atoms with Crippen LogP contribution >= 0.6 is 11.8 Å². The largest absolute Gasteiger partial charge is 0.481 e. The minimum atomic E-state index is -3.58. The number of carbonyl (C=O) groups excluding carboxylic acids is 1. The maximum absolute atomic E-state index is 12.2. The third-order valence-electron chi connectivity index (χ3n) is 2.67. The smallest absolute Gasteiger partial charge is 0.313 e. The van der Waals surface area contributed by atoms with Crippen molar-refractivity contribution in [3.05, 3.63) is 29.8 Å². The number of sulfonamides is 1. The van der Waals surface area contributed by atoms with Crippen LogP contribution in [0.4, 0.5) is 0 Å².